The van der Waals surface area contributed by atoms with E-state index in [2.05, 4.69) is 4.98 Å². The molecule has 1 aromatic heterocycles. The van der Waals surface area contributed by atoms with Gasteiger partial charge in [-0.15, -0.1) is 0 Å². The van der Waals surface area contributed by atoms with Crippen molar-refractivity contribution < 1.29 is 23.3 Å². The summed E-state index contributed by atoms with van der Waals surface area (Å²) < 4.78 is 23.6. The molecule has 0 aliphatic heterocycles. The van der Waals surface area contributed by atoms with E-state index in [0.717, 1.165) is 24.0 Å². The van der Waals surface area contributed by atoms with Crippen molar-refractivity contribution in [2.75, 3.05) is 0 Å². The normalized spacial score (nSPS) is 10.4. The van der Waals surface area contributed by atoms with Crippen LogP contribution in [0.4, 0.5) is 10.1 Å². The molecule has 3 aromatic rings. The van der Waals surface area contributed by atoms with E-state index in [1.165, 1.54) is 6.07 Å². The molecule has 0 unspecified atom stereocenters. The fourth-order valence-corrected chi connectivity index (χ4v) is 2.08. The number of carbonyl (C=O) groups is 1. The number of nitro benzene ring substituents is 1. The van der Waals surface area contributed by atoms with E-state index in [1.54, 1.807) is 12.1 Å². The first-order chi connectivity index (χ1) is 12.0. The number of benzene rings is 2. The van der Waals surface area contributed by atoms with Crippen LogP contribution in [0.2, 0.25) is 0 Å². The smallest absolute Gasteiger partial charge is 0.360 e. The average molecular weight is 342 g/mol. The Morgan fingerprint density at radius 2 is 2.00 bits per heavy atom. The summed E-state index contributed by atoms with van der Waals surface area (Å²) in [6.07, 6.45) is 1.08. The number of esters is 1. The van der Waals surface area contributed by atoms with Crippen molar-refractivity contribution >= 4 is 11.7 Å². The topological polar surface area (TPSA) is 95.5 Å². The summed E-state index contributed by atoms with van der Waals surface area (Å²) in [6.45, 7) is 0.0733. The van der Waals surface area contributed by atoms with Crippen molar-refractivity contribution in [2.45, 2.75) is 6.61 Å². The van der Waals surface area contributed by atoms with Gasteiger partial charge in [-0.05, 0) is 17.7 Å². The molecule has 25 heavy (non-hydrogen) atoms. The molecule has 0 N–H and O–H groups in total. The van der Waals surface area contributed by atoms with Gasteiger partial charge >= 0.3 is 11.7 Å². The van der Waals surface area contributed by atoms with E-state index < -0.39 is 22.4 Å². The van der Waals surface area contributed by atoms with Crippen LogP contribution in [0.25, 0.3) is 11.5 Å². The number of nitro groups is 1. The Hall–Kier alpha value is -3.55. The third-order valence-electron chi connectivity index (χ3n) is 3.32. The molecule has 1 heterocycles. The van der Waals surface area contributed by atoms with E-state index in [9.17, 15) is 19.3 Å². The van der Waals surface area contributed by atoms with Crippen LogP contribution in [0.15, 0.2) is 59.2 Å². The van der Waals surface area contributed by atoms with E-state index in [0.29, 0.717) is 0 Å². The summed E-state index contributed by atoms with van der Waals surface area (Å²) in [4.78, 5) is 25.8. The van der Waals surface area contributed by atoms with Gasteiger partial charge < -0.3 is 9.15 Å². The van der Waals surface area contributed by atoms with E-state index in [4.69, 9.17) is 9.15 Å². The third kappa shape index (κ3) is 3.69. The minimum Gasteiger partial charge on any atom is -0.456 e. The molecule has 8 heteroatoms. The number of carbonyl (C=O) groups excluding carboxylic acids is 1. The molecule has 2 aromatic carbocycles. The van der Waals surface area contributed by atoms with Crippen LogP contribution in [-0.2, 0) is 11.3 Å². The Morgan fingerprint density at radius 3 is 2.72 bits per heavy atom. The van der Waals surface area contributed by atoms with Gasteiger partial charge in [0.15, 0.2) is 5.69 Å². The van der Waals surface area contributed by atoms with Crippen LogP contribution >= 0.6 is 0 Å². The summed E-state index contributed by atoms with van der Waals surface area (Å²) >= 11 is 0. The van der Waals surface area contributed by atoms with Crippen LogP contribution < -0.4 is 0 Å². The number of hydrogen-bond donors (Lipinski definition) is 0. The first kappa shape index (κ1) is 16.3. The molecule has 0 aliphatic carbocycles. The molecule has 0 spiro atoms. The minimum absolute atomic E-state index is 0.0465. The zero-order valence-corrected chi connectivity index (χ0v) is 12.7. The van der Waals surface area contributed by atoms with Crippen LogP contribution in [0, 0.1) is 15.9 Å². The number of halogens is 1. The second-order valence-electron chi connectivity index (χ2n) is 5.02. The molecule has 0 saturated carbocycles. The zero-order valence-electron chi connectivity index (χ0n) is 12.7. The van der Waals surface area contributed by atoms with Gasteiger partial charge in [-0.25, -0.2) is 9.78 Å². The predicted molar refractivity (Wildman–Crippen MR) is 84.1 cm³/mol. The zero-order chi connectivity index (χ0) is 17.8. The highest BCUT2D eigenvalue weighted by atomic mass is 19.1. The molecule has 3 rings (SSSR count). The Morgan fingerprint density at radius 1 is 1.24 bits per heavy atom. The largest absolute Gasteiger partial charge is 0.456 e. The monoisotopic (exact) mass is 342 g/mol. The summed E-state index contributed by atoms with van der Waals surface area (Å²) in [5, 5.41) is 10.8. The highest BCUT2D eigenvalue weighted by Crippen LogP contribution is 2.26. The summed E-state index contributed by atoms with van der Waals surface area (Å²) in [5.41, 5.74) is 0.200. The Balaban J connectivity index is 1.75. The lowest BCUT2D eigenvalue weighted by Crippen LogP contribution is -2.05. The number of nitrogens with zero attached hydrogens (tertiary/aromatic N) is 2. The highest BCUT2D eigenvalue weighted by molar-refractivity contribution is 5.87. The average Bonchev–Trinajstić information content (AvgIpc) is 3.11. The predicted octanol–water partition coefficient (Wildman–Crippen LogP) is 3.75. The fraction of sp³-hybridized carbons (Fsp3) is 0.0588. The van der Waals surface area contributed by atoms with Crippen LogP contribution in [0.5, 0.6) is 0 Å². The van der Waals surface area contributed by atoms with Crippen molar-refractivity contribution in [2.24, 2.45) is 0 Å². The second kappa shape index (κ2) is 6.91. The van der Waals surface area contributed by atoms with E-state index in [-0.39, 0.29) is 23.8 Å². The lowest BCUT2D eigenvalue weighted by molar-refractivity contribution is -0.387. The maximum Gasteiger partial charge on any atom is 0.360 e. The van der Waals surface area contributed by atoms with Crippen molar-refractivity contribution in [1.29, 1.82) is 0 Å². The van der Waals surface area contributed by atoms with Gasteiger partial charge in [0.05, 0.1) is 4.92 Å². The standard InChI is InChI=1S/C17H11FN2O5/c18-13-7-6-12(8-15(13)20(22)23)16-19-14(10-24-16)17(21)25-9-11-4-2-1-3-5-11/h1-8,10H,9H2. The molecule has 0 aliphatic rings. The summed E-state index contributed by atoms with van der Waals surface area (Å²) in [6, 6.07) is 12.3. The highest BCUT2D eigenvalue weighted by Gasteiger charge is 2.19. The molecule has 0 radical (unpaired) electrons. The maximum atomic E-state index is 13.4. The number of oxazole rings is 1. The number of hydrogen-bond acceptors (Lipinski definition) is 6. The van der Waals surface area contributed by atoms with Crippen LogP contribution in [-0.4, -0.2) is 15.9 Å². The third-order valence-corrected chi connectivity index (χ3v) is 3.32. The molecule has 0 saturated heterocycles. The quantitative estimate of drug-likeness (QED) is 0.398. The van der Waals surface area contributed by atoms with Gasteiger partial charge in [-0.2, -0.15) is 4.39 Å². The SMILES string of the molecule is O=C(OCc1ccccc1)c1coc(-c2ccc(F)c([N+](=O)[O-])c2)n1. The molecular weight excluding hydrogens is 331 g/mol. The Bertz CT molecular complexity index is 924. The molecule has 7 nitrogen and oxygen atoms in total. The van der Waals surface area contributed by atoms with Crippen molar-refractivity contribution in [3.63, 3.8) is 0 Å². The lowest BCUT2D eigenvalue weighted by Gasteiger charge is -2.02. The van der Waals surface area contributed by atoms with E-state index in [1.807, 2.05) is 18.2 Å². The van der Waals surface area contributed by atoms with E-state index >= 15 is 0 Å². The fourth-order valence-electron chi connectivity index (χ4n) is 2.08. The van der Waals surface area contributed by atoms with Gasteiger partial charge in [0.1, 0.15) is 12.9 Å². The molecular formula is C17H11FN2O5. The number of aromatic nitrogens is 1. The summed E-state index contributed by atoms with van der Waals surface area (Å²) in [5.74, 6) is -1.71. The number of rotatable bonds is 5. The van der Waals surface area contributed by atoms with Crippen LogP contribution in [0.1, 0.15) is 16.1 Å². The maximum absolute atomic E-state index is 13.4. The van der Waals surface area contributed by atoms with Gasteiger partial charge in [0.25, 0.3) is 0 Å². The minimum atomic E-state index is -0.970. The van der Waals surface area contributed by atoms with Crippen molar-refractivity contribution in [1.82, 2.24) is 4.98 Å². The number of ether oxygens (including phenoxy) is 1. The van der Waals surface area contributed by atoms with Gasteiger partial charge in [-0.1, -0.05) is 30.3 Å². The molecule has 0 atom stereocenters. The van der Waals surface area contributed by atoms with Crippen molar-refractivity contribution in [3.8, 4) is 11.5 Å². The molecule has 0 fully saturated rings. The molecule has 0 bridgehead atoms. The molecule has 0 amide bonds. The summed E-state index contributed by atoms with van der Waals surface area (Å²) in [7, 11) is 0. The second-order valence-corrected chi connectivity index (χ2v) is 5.02. The first-order valence-electron chi connectivity index (χ1n) is 7.15. The molecule has 126 valence electrons. The van der Waals surface area contributed by atoms with Crippen molar-refractivity contribution in [3.05, 3.63) is 82.0 Å². The van der Waals surface area contributed by atoms with Gasteiger partial charge in [-0.3, -0.25) is 10.1 Å². The van der Waals surface area contributed by atoms with Gasteiger partial charge in [0, 0.05) is 11.6 Å². The first-order valence-corrected chi connectivity index (χ1v) is 7.15. The Labute approximate surface area is 140 Å². The van der Waals surface area contributed by atoms with Crippen LogP contribution in [0.3, 0.4) is 0 Å². The lowest BCUT2D eigenvalue weighted by atomic mass is 10.2. The Kier molecular flexibility index (Phi) is 4.51. The van der Waals surface area contributed by atoms with Gasteiger partial charge in [0.2, 0.25) is 11.7 Å².